The molecule has 0 saturated carbocycles. The van der Waals surface area contributed by atoms with Gasteiger partial charge in [-0.05, 0) is 38.3 Å². The molecular formula is C14H18N4OS3. The van der Waals surface area contributed by atoms with Crippen molar-refractivity contribution in [1.82, 2.24) is 10.2 Å². The maximum Gasteiger partial charge on any atom is 0.234 e. The summed E-state index contributed by atoms with van der Waals surface area (Å²) >= 11 is 4.50. The van der Waals surface area contributed by atoms with Crippen LogP contribution in [-0.4, -0.2) is 34.2 Å². The standard InChI is InChI=1S/C14H18N4OS3/c1-9(2)15-13-17-18-14(22-13)21-8-12(19)16-10-5-4-6-11(7-10)20-3/h4-7,9H,8H2,1-3H3,(H,15,17)(H,16,19). The van der Waals surface area contributed by atoms with Crippen LogP contribution < -0.4 is 10.6 Å². The van der Waals surface area contributed by atoms with Crippen LogP contribution in [0.3, 0.4) is 0 Å². The normalized spacial score (nSPS) is 10.7. The molecule has 22 heavy (non-hydrogen) atoms. The first-order chi connectivity index (χ1) is 10.6. The Morgan fingerprint density at radius 1 is 1.36 bits per heavy atom. The molecule has 0 fully saturated rings. The summed E-state index contributed by atoms with van der Waals surface area (Å²) in [5, 5.41) is 15.0. The van der Waals surface area contributed by atoms with Gasteiger partial charge in [0.05, 0.1) is 5.75 Å². The number of hydrogen-bond donors (Lipinski definition) is 2. The molecule has 2 rings (SSSR count). The number of rotatable bonds is 7. The minimum Gasteiger partial charge on any atom is -0.358 e. The second-order valence-corrected chi connectivity index (χ2v) is 7.82. The van der Waals surface area contributed by atoms with Crippen LogP contribution in [0.4, 0.5) is 10.8 Å². The quantitative estimate of drug-likeness (QED) is 0.737. The monoisotopic (exact) mass is 354 g/mol. The molecule has 0 saturated heterocycles. The molecule has 8 heteroatoms. The zero-order valence-electron chi connectivity index (χ0n) is 12.6. The van der Waals surface area contributed by atoms with Crippen LogP contribution in [0.25, 0.3) is 0 Å². The first kappa shape index (κ1) is 17.1. The van der Waals surface area contributed by atoms with E-state index in [1.807, 2.05) is 44.4 Å². The molecule has 1 aromatic heterocycles. The van der Waals surface area contributed by atoms with Gasteiger partial charge in [0.25, 0.3) is 0 Å². The third kappa shape index (κ3) is 5.51. The molecule has 1 amide bonds. The molecule has 5 nitrogen and oxygen atoms in total. The maximum absolute atomic E-state index is 12.0. The van der Waals surface area contributed by atoms with Crippen LogP contribution in [0.5, 0.6) is 0 Å². The van der Waals surface area contributed by atoms with Crippen molar-refractivity contribution in [2.75, 3.05) is 22.6 Å². The van der Waals surface area contributed by atoms with Crippen LogP contribution >= 0.6 is 34.9 Å². The van der Waals surface area contributed by atoms with E-state index in [-0.39, 0.29) is 5.91 Å². The summed E-state index contributed by atoms with van der Waals surface area (Å²) in [5.41, 5.74) is 0.817. The Labute approximate surface area is 142 Å². The second-order valence-electron chi connectivity index (χ2n) is 4.74. The first-order valence-electron chi connectivity index (χ1n) is 6.73. The van der Waals surface area contributed by atoms with E-state index in [2.05, 4.69) is 20.8 Å². The molecule has 2 aromatic rings. The fraction of sp³-hybridized carbons (Fsp3) is 0.357. The Hall–Kier alpha value is -1.25. The van der Waals surface area contributed by atoms with Gasteiger partial charge in [-0.2, -0.15) is 0 Å². The predicted molar refractivity (Wildman–Crippen MR) is 96.2 cm³/mol. The Morgan fingerprint density at radius 2 is 2.18 bits per heavy atom. The summed E-state index contributed by atoms with van der Waals surface area (Å²) in [6.45, 7) is 4.09. The Bertz CT molecular complexity index is 630. The van der Waals surface area contributed by atoms with Crippen molar-refractivity contribution in [1.29, 1.82) is 0 Å². The van der Waals surface area contributed by atoms with E-state index < -0.39 is 0 Å². The number of carbonyl (C=O) groups is 1. The molecule has 0 aliphatic carbocycles. The highest BCUT2D eigenvalue weighted by Crippen LogP contribution is 2.26. The molecule has 0 radical (unpaired) electrons. The van der Waals surface area contributed by atoms with E-state index in [0.29, 0.717) is 11.8 Å². The van der Waals surface area contributed by atoms with E-state index in [9.17, 15) is 4.79 Å². The molecule has 0 unspecified atom stereocenters. The number of aromatic nitrogens is 2. The molecule has 0 bridgehead atoms. The van der Waals surface area contributed by atoms with E-state index in [4.69, 9.17) is 0 Å². The minimum atomic E-state index is -0.0446. The van der Waals surface area contributed by atoms with E-state index in [1.165, 1.54) is 23.1 Å². The van der Waals surface area contributed by atoms with Gasteiger partial charge in [0.2, 0.25) is 11.0 Å². The molecule has 118 valence electrons. The van der Waals surface area contributed by atoms with Crippen molar-refractivity contribution >= 4 is 51.6 Å². The lowest BCUT2D eigenvalue weighted by molar-refractivity contribution is -0.113. The zero-order valence-corrected chi connectivity index (χ0v) is 15.1. The molecule has 0 spiro atoms. The van der Waals surface area contributed by atoms with Gasteiger partial charge in [-0.25, -0.2) is 0 Å². The minimum absolute atomic E-state index is 0.0446. The number of benzene rings is 1. The van der Waals surface area contributed by atoms with Crippen molar-refractivity contribution in [3.63, 3.8) is 0 Å². The average molecular weight is 355 g/mol. The average Bonchev–Trinajstić information content (AvgIpc) is 2.92. The predicted octanol–water partition coefficient (Wildman–Crippen LogP) is 3.81. The van der Waals surface area contributed by atoms with Gasteiger partial charge in [-0.3, -0.25) is 4.79 Å². The number of hydrogen-bond acceptors (Lipinski definition) is 7. The summed E-state index contributed by atoms with van der Waals surface area (Å²) in [4.78, 5) is 13.1. The highest BCUT2D eigenvalue weighted by molar-refractivity contribution is 8.01. The Morgan fingerprint density at radius 3 is 2.91 bits per heavy atom. The smallest absolute Gasteiger partial charge is 0.234 e. The Balaban J connectivity index is 1.83. The van der Waals surface area contributed by atoms with Crippen molar-refractivity contribution in [2.45, 2.75) is 29.1 Å². The lowest BCUT2D eigenvalue weighted by Gasteiger charge is -2.05. The highest BCUT2D eigenvalue weighted by atomic mass is 32.2. The SMILES string of the molecule is CSc1cccc(NC(=O)CSc2nnc(NC(C)C)s2)c1. The first-order valence-corrected chi connectivity index (χ1v) is 9.76. The van der Waals surface area contributed by atoms with Gasteiger partial charge in [-0.1, -0.05) is 29.2 Å². The summed E-state index contributed by atoms with van der Waals surface area (Å²) in [7, 11) is 0. The summed E-state index contributed by atoms with van der Waals surface area (Å²) < 4.78 is 0.788. The lowest BCUT2D eigenvalue weighted by Crippen LogP contribution is -2.13. The van der Waals surface area contributed by atoms with Crippen LogP contribution in [0.1, 0.15) is 13.8 Å². The molecule has 2 N–H and O–H groups in total. The van der Waals surface area contributed by atoms with Crippen molar-refractivity contribution in [3.8, 4) is 0 Å². The summed E-state index contributed by atoms with van der Waals surface area (Å²) in [5.74, 6) is 0.275. The molecule has 1 aromatic carbocycles. The third-order valence-corrected chi connectivity index (χ3v) is 5.21. The van der Waals surface area contributed by atoms with Crippen molar-refractivity contribution < 1.29 is 4.79 Å². The van der Waals surface area contributed by atoms with Gasteiger partial charge in [0.15, 0.2) is 4.34 Å². The topological polar surface area (TPSA) is 66.9 Å². The molecule has 1 heterocycles. The number of anilines is 2. The number of amides is 1. The van der Waals surface area contributed by atoms with Crippen LogP contribution in [0.15, 0.2) is 33.5 Å². The van der Waals surface area contributed by atoms with E-state index in [1.54, 1.807) is 11.8 Å². The number of carbonyl (C=O) groups excluding carboxylic acids is 1. The maximum atomic E-state index is 12.0. The van der Waals surface area contributed by atoms with Crippen molar-refractivity contribution in [2.24, 2.45) is 0 Å². The molecule has 0 aliphatic heterocycles. The molecule has 0 atom stereocenters. The summed E-state index contributed by atoms with van der Waals surface area (Å²) in [6.07, 6.45) is 2.01. The van der Waals surface area contributed by atoms with Crippen molar-refractivity contribution in [3.05, 3.63) is 24.3 Å². The lowest BCUT2D eigenvalue weighted by atomic mass is 10.3. The van der Waals surface area contributed by atoms with Gasteiger partial charge < -0.3 is 10.6 Å². The number of nitrogens with zero attached hydrogens (tertiary/aromatic N) is 2. The highest BCUT2D eigenvalue weighted by Gasteiger charge is 2.09. The number of thioether (sulfide) groups is 2. The Kier molecular flexibility index (Phi) is 6.53. The van der Waals surface area contributed by atoms with Crippen LogP contribution in [0.2, 0.25) is 0 Å². The third-order valence-electron chi connectivity index (χ3n) is 2.50. The fourth-order valence-electron chi connectivity index (χ4n) is 1.60. The van der Waals surface area contributed by atoms with Gasteiger partial charge in [-0.15, -0.1) is 22.0 Å². The van der Waals surface area contributed by atoms with Crippen LogP contribution in [0, 0.1) is 0 Å². The number of nitrogens with one attached hydrogen (secondary N) is 2. The van der Waals surface area contributed by atoms with E-state index in [0.717, 1.165) is 20.1 Å². The van der Waals surface area contributed by atoms with Crippen LogP contribution in [-0.2, 0) is 4.79 Å². The van der Waals surface area contributed by atoms with Gasteiger partial charge in [0, 0.05) is 16.6 Å². The molecule has 0 aliphatic rings. The van der Waals surface area contributed by atoms with Gasteiger partial charge in [0.1, 0.15) is 0 Å². The summed E-state index contributed by atoms with van der Waals surface area (Å²) in [6, 6.07) is 8.11. The largest absolute Gasteiger partial charge is 0.358 e. The van der Waals surface area contributed by atoms with Gasteiger partial charge >= 0.3 is 0 Å². The zero-order chi connectivity index (χ0) is 15.9. The fourth-order valence-corrected chi connectivity index (χ4v) is 3.76. The molecular weight excluding hydrogens is 336 g/mol. The van der Waals surface area contributed by atoms with E-state index >= 15 is 0 Å². The second kappa shape index (κ2) is 8.40.